The number of rotatable bonds is 5. The van der Waals surface area contributed by atoms with Crippen LogP contribution in [0.15, 0.2) is 18.2 Å². The molecule has 0 aliphatic carbocycles. The topological polar surface area (TPSA) is 70.8 Å². The Morgan fingerprint density at radius 2 is 1.94 bits per heavy atom. The van der Waals surface area contributed by atoms with Crippen molar-refractivity contribution in [3.05, 3.63) is 23.8 Å². The summed E-state index contributed by atoms with van der Waals surface area (Å²) in [5, 5.41) is 0. The first-order valence-electron chi connectivity index (χ1n) is 4.81. The predicted octanol–water partition coefficient (Wildman–Crippen LogP) is 1.05. The van der Waals surface area contributed by atoms with Gasteiger partial charge < -0.3 is 14.3 Å². The zero-order chi connectivity index (χ0) is 12.0. The van der Waals surface area contributed by atoms with E-state index in [1.54, 1.807) is 20.3 Å². The molecule has 16 heavy (non-hydrogen) atoms. The zero-order valence-electron chi connectivity index (χ0n) is 9.36. The molecule has 2 N–H and O–H groups in total. The van der Waals surface area contributed by atoms with Crippen molar-refractivity contribution in [3.63, 3.8) is 0 Å². The molecule has 1 aromatic carbocycles. The first-order chi connectivity index (χ1) is 7.71. The fourth-order valence-corrected chi connectivity index (χ4v) is 1.34. The molecule has 0 fully saturated rings. The molecule has 0 aromatic heterocycles. The zero-order valence-corrected chi connectivity index (χ0v) is 9.36. The molecule has 0 unspecified atom stereocenters. The summed E-state index contributed by atoms with van der Waals surface area (Å²) in [4.78, 5) is 14.9. The van der Waals surface area contributed by atoms with Crippen LogP contribution in [0.4, 0.5) is 0 Å². The third-order valence-electron chi connectivity index (χ3n) is 2.20. The average molecular weight is 225 g/mol. The molecule has 0 bridgehead atoms. The molecule has 0 spiro atoms. The lowest BCUT2D eigenvalue weighted by molar-refractivity contribution is -0.144. The first kappa shape index (κ1) is 12.3. The van der Waals surface area contributed by atoms with Crippen LogP contribution < -0.4 is 15.4 Å². The van der Waals surface area contributed by atoms with Gasteiger partial charge in [-0.2, -0.15) is 5.90 Å². The highest BCUT2D eigenvalue weighted by atomic mass is 16.7. The SMILES string of the molecule is COc1ccc(CCC(=O)ON)cc1OC. The summed E-state index contributed by atoms with van der Waals surface area (Å²) in [6.45, 7) is 0. The van der Waals surface area contributed by atoms with Crippen molar-refractivity contribution in [1.29, 1.82) is 0 Å². The summed E-state index contributed by atoms with van der Waals surface area (Å²) in [5.41, 5.74) is 0.961. The normalized spacial score (nSPS) is 9.69. The van der Waals surface area contributed by atoms with Crippen molar-refractivity contribution in [1.82, 2.24) is 0 Å². The number of ether oxygens (including phenoxy) is 2. The van der Waals surface area contributed by atoms with Gasteiger partial charge in [0.1, 0.15) is 0 Å². The number of hydrogen-bond acceptors (Lipinski definition) is 5. The van der Waals surface area contributed by atoms with Crippen LogP contribution in [-0.2, 0) is 16.1 Å². The minimum atomic E-state index is -0.435. The Kier molecular flexibility index (Phi) is 4.60. The molecule has 0 radical (unpaired) electrons. The minimum absolute atomic E-state index is 0.242. The lowest BCUT2D eigenvalue weighted by atomic mass is 10.1. The van der Waals surface area contributed by atoms with E-state index in [9.17, 15) is 4.79 Å². The van der Waals surface area contributed by atoms with E-state index in [4.69, 9.17) is 15.4 Å². The lowest BCUT2D eigenvalue weighted by Crippen LogP contribution is -2.10. The van der Waals surface area contributed by atoms with Gasteiger partial charge in [-0.05, 0) is 24.1 Å². The van der Waals surface area contributed by atoms with Crippen LogP contribution in [-0.4, -0.2) is 20.2 Å². The number of nitrogens with two attached hydrogens (primary N) is 1. The quantitative estimate of drug-likeness (QED) is 0.758. The fraction of sp³-hybridized carbons (Fsp3) is 0.364. The molecule has 5 heteroatoms. The molecule has 0 heterocycles. The van der Waals surface area contributed by atoms with Crippen LogP contribution in [0.2, 0.25) is 0 Å². The molecule has 0 aliphatic heterocycles. The van der Waals surface area contributed by atoms with Gasteiger partial charge in [0.15, 0.2) is 11.5 Å². The van der Waals surface area contributed by atoms with E-state index in [1.807, 2.05) is 12.1 Å². The highest BCUT2D eigenvalue weighted by molar-refractivity contribution is 5.69. The van der Waals surface area contributed by atoms with Gasteiger partial charge in [0, 0.05) is 0 Å². The Morgan fingerprint density at radius 3 is 2.50 bits per heavy atom. The van der Waals surface area contributed by atoms with Gasteiger partial charge in [0.25, 0.3) is 0 Å². The van der Waals surface area contributed by atoms with Crippen LogP contribution in [0.3, 0.4) is 0 Å². The maximum absolute atomic E-state index is 10.9. The number of methoxy groups -OCH3 is 2. The van der Waals surface area contributed by atoms with E-state index in [0.717, 1.165) is 5.56 Å². The standard InChI is InChI=1S/C11H15NO4/c1-14-9-5-3-8(7-10(9)15-2)4-6-11(13)16-12/h3,5,7H,4,6,12H2,1-2H3. The third-order valence-corrected chi connectivity index (χ3v) is 2.20. The van der Waals surface area contributed by atoms with Crippen molar-refractivity contribution in [2.24, 2.45) is 5.90 Å². The minimum Gasteiger partial charge on any atom is -0.493 e. The Hall–Kier alpha value is -1.75. The van der Waals surface area contributed by atoms with Crippen LogP contribution in [0.1, 0.15) is 12.0 Å². The van der Waals surface area contributed by atoms with Gasteiger partial charge in [-0.15, -0.1) is 0 Å². The Balaban J connectivity index is 2.71. The molecule has 0 saturated heterocycles. The molecular formula is C11H15NO4. The largest absolute Gasteiger partial charge is 0.493 e. The number of hydrogen-bond donors (Lipinski definition) is 1. The van der Waals surface area contributed by atoms with Crippen LogP contribution >= 0.6 is 0 Å². The molecule has 0 atom stereocenters. The molecule has 88 valence electrons. The maximum atomic E-state index is 10.9. The first-order valence-corrected chi connectivity index (χ1v) is 4.81. The summed E-state index contributed by atoms with van der Waals surface area (Å²) < 4.78 is 10.2. The van der Waals surface area contributed by atoms with Gasteiger partial charge in [-0.25, -0.2) is 0 Å². The van der Waals surface area contributed by atoms with E-state index >= 15 is 0 Å². The number of carbonyl (C=O) groups excluding carboxylic acids is 1. The van der Waals surface area contributed by atoms with Gasteiger partial charge >= 0.3 is 5.97 Å². The van der Waals surface area contributed by atoms with Crippen molar-refractivity contribution in [2.75, 3.05) is 14.2 Å². The number of aryl methyl sites for hydroxylation is 1. The molecule has 5 nitrogen and oxygen atoms in total. The average Bonchev–Trinajstić information content (AvgIpc) is 2.35. The Labute approximate surface area is 94.1 Å². The monoisotopic (exact) mass is 225 g/mol. The Bertz CT molecular complexity index is 365. The van der Waals surface area contributed by atoms with E-state index in [0.29, 0.717) is 17.9 Å². The highest BCUT2D eigenvalue weighted by Gasteiger charge is 2.06. The number of benzene rings is 1. The van der Waals surface area contributed by atoms with Crippen molar-refractivity contribution in [2.45, 2.75) is 12.8 Å². The summed E-state index contributed by atoms with van der Waals surface area (Å²) in [6.07, 6.45) is 0.794. The summed E-state index contributed by atoms with van der Waals surface area (Å²) in [6, 6.07) is 5.48. The van der Waals surface area contributed by atoms with Gasteiger partial charge in [-0.1, -0.05) is 6.07 Å². The molecule has 0 amide bonds. The smallest absolute Gasteiger partial charge is 0.324 e. The van der Waals surface area contributed by atoms with E-state index < -0.39 is 5.97 Å². The van der Waals surface area contributed by atoms with Gasteiger partial charge in [0.05, 0.1) is 20.6 Å². The summed E-state index contributed by atoms with van der Waals surface area (Å²) >= 11 is 0. The lowest BCUT2D eigenvalue weighted by Gasteiger charge is -2.09. The van der Waals surface area contributed by atoms with Crippen LogP contribution in [0.5, 0.6) is 11.5 Å². The van der Waals surface area contributed by atoms with Crippen molar-refractivity contribution < 1.29 is 19.1 Å². The van der Waals surface area contributed by atoms with Gasteiger partial charge in [-0.3, -0.25) is 4.79 Å². The molecular weight excluding hydrogens is 210 g/mol. The van der Waals surface area contributed by atoms with Crippen LogP contribution in [0, 0.1) is 0 Å². The van der Waals surface area contributed by atoms with E-state index in [2.05, 4.69) is 4.84 Å². The highest BCUT2D eigenvalue weighted by Crippen LogP contribution is 2.27. The second kappa shape index (κ2) is 5.97. The third kappa shape index (κ3) is 3.13. The second-order valence-electron chi connectivity index (χ2n) is 3.18. The molecule has 0 saturated carbocycles. The molecule has 0 aliphatic rings. The Morgan fingerprint density at radius 1 is 1.25 bits per heavy atom. The molecule has 1 rings (SSSR count). The van der Waals surface area contributed by atoms with Crippen molar-refractivity contribution in [3.8, 4) is 11.5 Å². The maximum Gasteiger partial charge on any atom is 0.324 e. The van der Waals surface area contributed by atoms with E-state index in [-0.39, 0.29) is 6.42 Å². The summed E-state index contributed by atoms with van der Waals surface area (Å²) in [5.74, 6) is 5.61. The fourth-order valence-electron chi connectivity index (χ4n) is 1.34. The van der Waals surface area contributed by atoms with Crippen LogP contribution in [0.25, 0.3) is 0 Å². The van der Waals surface area contributed by atoms with Crippen molar-refractivity contribution >= 4 is 5.97 Å². The van der Waals surface area contributed by atoms with Gasteiger partial charge in [0.2, 0.25) is 0 Å². The molecule has 1 aromatic rings. The summed E-state index contributed by atoms with van der Waals surface area (Å²) in [7, 11) is 3.14. The van der Waals surface area contributed by atoms with E-state index in [1.165, 1.54) is 0 Å². The second-order valence-corrected chi connectivity index (χ2v) is 3.18. The predicted molar refractivity (Wildman–Crippen MR) is 58.1 cm³/mol. The number of carbonyl (C=O) groups is 1.